The smallest absolute Gasteiger partial charge is 0.338 e. The number of ketones is 1. The predicted molar refractivity (Wildman–Crippen MR) is 46.3 cm³/mol. The number of nitrogens with zero attached hydrogens (tertiary/aromatic N) is 1. The maximum absolute atomic E-state index is 11.3. The summed E-state index contributed by atoms with van der Waals surface area (Å²) in [6, 6.07) is 0. The molecule has 86 valence electrons. The van der Waals surface area contributed by atoms with Crippen LogP contribution in [0.1, 0.15) is 6.42 Å². The minimum atomic E-state index is -2.07. The molecule has 2 rings (SSSR count). The van der Waals surface area contributed by atoms with Crippen LogP contribution in [-0.2, 0) is 19.2 Å². The molecule has 8 nitrogen and oxygen atoms in total. The molecule has 8 heteroatoms. The molecular formula is C8H8N2O6. The van der Waals surface area contributed by atoms with E-state index in [0.717, 1.165) is 0 Å². The molecular weight excluding hydrogens is 220 g/mol. The Morgan fingerprint density at radius 3 is 2.19 bits per heavy atom. The summed E-state index contributed by atoms with van der Waals surface area (Å²) in [6.45, 7) is -0.459. The van der Waals surface area contributed by atoms with Gasteiger partial charge in [0, 0.05) is 6.42 Å². The summed E-state index contributed by atoms with van der Waals surface area (Å²) in [4.78, 5) is 45.0. The quantitative estimate of drug-likeness (QED) is 0.267. The molecule has 2 aliphatic rings. The summed E-state index contributed by atoms with van der Waals surface area (Å²) >= 11 is 0. The van der Waals surface area contributed by atoms with E-state index in [0.29, 0.717) is 4.90 Å². The van der Waals surface area contributed by atoms with Crippen LogP contribution < -0.4 is 5.73 Å². The third kappa shape index (κ3) is 0.871. The van der Waals surface area contributed by atoms with Crippen molar-refractivity contribution < 1.29 is 29.4 Å². The molecule has 2 fully saturated rings. The lowest BCUT2D eigenvalue weighted by Gasteiger charge is -2.40. The van der Waals surface area contributed by atoms with Crippen LogP contribution in [0.5, 0.6) is 0 Å². The fourth-order valence-electron chi connectivity index (χ4n) is 2.15. The molecule has 2 atom stereocenters. The van der Waals surface area contributed by atoms with E-state index in [2.05, 4.69) is 0 Å². The second-order valence-corrected chi connectivity index (χ2v) is 4.02. The van der Waals surface area contributed by atoms with E-state index in [4.69, 9.17) is 15.9 Å². The van der Waals surface area contributed by atoms with Gasteiger partial charge in [0.25, 0.3) is 11.7 Å². The minimum Gasteiger partial charge on any atom is -0.480 e. The van der Waals surface area contributed by atoms with Gasteiger partial charge in [-0.25, -0.2) is 4.79 Å². The Bertz CT molecular complexity index is 446. The standard InChI is InChI=1S/C8H8N2O6/c9-7(5(13)14)1-8(6(15)16)3(11)4(12)10(8)2-7/h1-2,9H2,(H,13,14)(H,15,16)/t7-,8-/m0/s1. The van der Waals surface area contributed by atoms with Gasteiger partial charge in [0.15, 0.2) is 0 Å². The molecule has 0 unspecified atom stereocenters. The van der Waals surface area contributed by atoms with Crippen LogP contribution in [0.25, 0.3) is 0 Å². The molecule has 0 bridgehead atoms. The first-order valence-electron chi connectivity index (χ1n) is 4.38. The zero-order valence-electron chi connectivity index (χ0n) is 7.97. The topological polar surface area (TPSA) is 138 Å². The largest absolute Gasteiger partial charge is 0.480 e. The number of β-lactam (4-membered cyclic amide) rings is 1. The zero-order valence-corrected chi connectivity index (χ0v) is 7.97. The van der Waals surface area contributed by atoms with Gasteiger partial charge < -0.3 is 20.8 Å². The molecule has 0 spiro atoms. The lowest BCUT2D eigenvalue weighted by molar-refractivity contribution is -0.177. The second kappa shape index (κ2) is 2.59. The lowest BCUT2D eigenvalue weighted by Crippen LogP contribution is -2.72. The maximum Gasteiger partial charge on any atom is 0.338 e. The SMILES string of the molecule is N[C@]1(C(=O)O)CN2C(=O)C(=O)[C@]2(C(=O)O)C1. The van der Waals surface area contributed by atoms with Gasteiger partial charge in [-0.1, -0.05) is 0 Å². The van der Waals surface area contributed by atoms with E-state index in [1.807, 2.05) is 0 Å². The van der Waals surface area contributed by atoms with Crippen LogP contribution >= 0.6 is 0 Å². The molecule has 16 heavy (non-hydrogen) atoms. The highest BCUT2D eigenvalue weighted by molar-refractivity contribution is 6.51. The number of fused-ring (bicyclic) bond motifs is 1. The van der Waals surface area contributed by atoms with Gasteiger partial charge >= 0.3 is 11.9 Å². The molecule has 2 saturated heterocycles. The molecule has 0 aromatic carbocycles. The number of carboxylic acids is 2. The summed E-state index contributed by atoms with van der Waals surface area (Å²) < 4.78 is 0. The number of nitrogens with two attached hydrogens (primary N) is 1. The Morgan fingerprint density at radius 2 is 1.81 bits per heavy atom. The Hall–Kier alpha value is -1.96. The summed E-state index contributed by atoms with van der Waals surface area (Å²) in [5, 5.41) is 17.8. The first kappa shape index (κ1) is 10.6. The van der Waals surface area contributed by atoms with Crippen molar-refractivity contribution in [3.8, 4) is 0 Å². The number of amides is 1. The van der Waals surface area contributed by atoms with Crippen LogP contribution in [0.4, 0.5) is 0 Å². The Labute approximate surface area is 88.6 Å². The van der Waals surface area contributed by atoms with Gasteiger partial charge in [0.2, 0.25) is 5.54 Å². The minimum absolute atomic E-state index is 0.459. The summed E-state index contributed by atoms with van der Waals surface area (Å²) in [6.07, 6.45) is -0.588. The fourth-order valence-corrected chi connectivity index (χ4v) is 2.15. The Balaban J connectivity index is 2.45. The number of carbonyl (C=O) groups is 4. The van der Waals surface area contributed by atoms with E-state index in [1.165, 1.54) is 0 Å². The third-order valence-corrected chi connectivity index (χ3v) is 3.07. The van der Waals surface area contributed by atoms with Crippen molar-refractivity contribution in [3.05, 3.63) is 0 Å². The fraction of sp³-hybridized carbons (Fsp3) is 0.500. The van der Waals surface area contributed by atoms with E-state index in [-0.39, 0.29) is 0 Å². The molecule has 0 radical (unpaired) electrons. The van der Waals surface area contributed by atoms with Gasteiger partial charge in [-0.3, -0.25) is 14.4 Å². The van der Waals surface area contributed by atoms with Gasteiger partial charge in [-0.2, -0.15) is 0 Å². The predicted octanol–water partition coefficient (Wildman–Crippen LogP) is -2.59. The zero-order chi connectivity index (χ0) is 12.3. The highest BCUT2D eigenvalue weighted by Gasteiger charge is 2.74. The summed E-state index contributed by atoms with van der Waals surface area (Å²) in [7, 11) is 0. The Morgan fingerprint density at radius 1 is 1.25 bits per heavy atom. The molecule has 2 aliphatic heterocycles. The summed E-state index contributed by atoms with van der Waals surface area (Å²) in [5.74, 6) is -5.06. The lowest BCUT2D eigenvalue weighted by atomic mass is 9.80. The van der Waals surface area contributed by atoms with Crippen molar-refractivity contribution in [2.75, 3.05) is 6.54 Å². The average molecular weight is 228 g/mol. The van der Waals surface area contributed by atoms with Gasteiger partial charge in [0.1, 0.15) is 5.54 Å². The second-order valence-electron chi connectivity index (χ2n) is 4.02. The molecule has 0 aromatic rings. The molecule has 4 N–H and O–H groups in total. The van der Waals surface area contributed by atoms with Crippen molar-refractivity contribution in [3.63, 3.8) is 0 Å². The normalized spacial score (nSPS) is 36.9. The van der Waals surface area contributed by atoms with Crippen LogP contribution in [0.3, 0.4) is 0 Å². The highest BCUT2D eigenvalue weighted by atomic mass is 16.4. The number of Topliss-reactive ketones (excluding diaryl/α,β-unsaturated/α-hetero) is 1. The molecule has 2 heterocycles. The number of hydrogen-bond donors (Lipinski definition) is 3. The van der Waals surface area contributed by atoms with Crippen molar-refractivity contribution in [1.29, 1.82) is 0 Å². The van der Waals surface area contributed by atoms with Gasteiger partial charge in [-0.15, -0.1) is 0 Å². The van der Waals surface area contributed by atoms with Gasteiger partial charge in [-0.05, 0) is 0 Å². The van der Waals surface area contributed by atoms with E-state index in [1.54, 1.807) is 0 Å². The van der Waals surface area contributed by atoms with Gasteiger partial charge in [0.05, 0.1) is 6.54 Å². The molecule has 0 saturated carbocycles. The third-order valence-electron chi connectivity index (χ3n) is 3.07. The first-order chi connectivity index (χ1) is 7.25. The monoisotopic (exact) mass is 228 g/mol. The number of carboxylic acid groups (broad SMARTS) is 2. The van der Waals surface area contributed by atoms with Crippen LogP contribution in [0.15, 0.2) is 0 Å². The molecule has 0 aliphatic carbocycles. The van der Waals surface area contributed by atoms with Crippen LogP contribution in [-0.4, -0.2) is 56.4 Å². The van der Waals surface area contributed by atoms with E-state index < -0.39 is 47.7 Å². The molecule has 1 amide bonds. The first-order valence-corrected chi connectivity index (χ1v) is 4.38. The van der Waals surface area contributed by atoms with Crippen LogP contribution in [0.2, 0.25) is 0 Å². The van der Waals surface area contributed by atoms with E-state index in [9.17, 15) is 19.2 Å². The number of carbonyl (C=O) groups excluding carboxylic acids is 2. The Kier molecular flexibility index (Phi) is 1.71. The molecule has 0 aromatic heterocycles. The summed E-state index contributed by atoms with van der Waals surface area (Å²) in [5.41, 5.74) is 1.52. The van der Waals surface area contributed by atoms with Crippen LogP contribution in [0, 0.1) is 0 Å². The van der Waals surface area contributed by atoms with Crippen molar-refractivity contribution in [1.82, 2.24) is 4.90 Å². The van der Waals surface area contributed by atoms with E-state index >= 15 is 0 Å². The van der Waals surface area contributed by atoms with Crippen molar-refractivity contribution >= 4 is 23.6 Å². The average Bonchev–Trinajstić information content (AvgIpc) is 2.50. The number of hydrogen-bond acceptors (Lipinski definition) is 5. The maximum atomic E-state index is 11.3. The number of rotatable bonds is 2. The highest BCUT2D eigenvalue weighted by Crippen LogP contribution is 2.42. The van der Waals surface area contributed by atoms with Crippen molar-refractivity contribution in [2.24, 2.45) is 5.73 Å². The number of aliphatic carboxylic acids is 2. The van der Waals surface area contributed by atoms with Crippen molar-refractivity contribution in [2.45, 2.75) is 17.5 Å².